The lowest BCUT2D eigenvalue weighted by Gasteiger charge is -2.36. The summed E-state index contributed by atoms with van der Waals surface area (Å²) in [6.45, 7) is 18.5. The molecule has 6 aromatic rings. The van der Waals surface area contributed by atoms with Crippen molar-refractivity contribution in [3.05, 3.63) is 153 Å². The number of piperazine rings is 2. The van der Waals surface area contributed by atoms with Crippen molar-refractivity contribution in [1.82, 2.24) is 48.8 Å². The molecule has 2 aliphatic heterocycles. The van der Waals surface area contributed by atoms with E-state index in [1.54, 1.807) is 102 Å². The number of alkyl halides is 6. The molecule has 26 heteroatoms. The maximum absolute atomic E-state index is 14.0. The van der Waals surface area contributed by atoms with E-state index in [1.165, 1.54) is 21.3 Å². The van der Waals surface area contributed by atoms with E-state index in [9.17, 15) is 54.3 Å². The highest BCUT2D eigenvalue weighted by Gasteiger charge is 2.37. The van der Waals surface area contributed by atoms with Crippen molar-refractivity contribution in [2.75, 3.05) is 75.2 Å². The Morgan fingerprint density at radius 3 is 1.12 bits per heavy atom. The number of carboxylic acid groups (broad SMARTS) is 2. The van der Waals surface area contributed by atoms with Crippen molar-refractivity contribution in [2.24, 2.45) is 0 Å². The summed E-state index contributed by atoms with van der Waals surface area (Å²) in [5, 5.41) is 15.6. The largest absolute Gasteiger partial charge is 0.478 e. The Hall–Kier alpha value is -8.00. The summed E-state index contributed by atoms with van der Waals surface area (Å²) in [6.07, 6.45) is -1.46. The SMILES string of the molecule is CC(C)(C)c1nc(N2CCN(CCCCn3ccc(-c4ccccc4F)nc3=O)CC2)cc(C(F)(F)F)n1.CC(C)(C)c1nc(N2CCN(CCCCn3ccc(-c4ccccc4F)nc3=O)CC2)cc(C(F)(F)F)n1.O=C(O)C=CC(=O)O. The van der Waals surface area contributed by atoms with E-state index in [2.05, 4.69) is 39.7 Å². The zero-order valence-corrected chi connectivity index (χ0v) is 47.5. The predicted molar refractivity (Wildman–Crippen MR) is 299 cm³/mol. The molecule has 0 bridgehead atoms. The number of aliphatic carboxylic acids is 2. The molecule has 0 unspecified atom stereocenters. The summed E-state index contributed by atoms with van der Waals surface area (Å²) in [4.78, 5) is 76.7. The first-order chi connectivity index (χ1) is 39.5. The van der Waals surface area contributed by atoms with Gasteiger partial charge in [-0.3, -0.25) is 18.9 Å². The van der Waals surface area contributed by atoms with Crippen LogP contribution in [0.1, 0.15) is 90.3 Å². The van der Waals surface area contributed by atoms with E-state index >= 15 is 0 Å². The second kappa shape index (κ2) is 28.5. The van der Waals surface area contributed by atoms with Crippen LogP contribution in [0.2, 0.25) is 0 Å². The third kappa shape index (κ3) is 19.3. The van der Waals surface area contributed by atoms with Gasteiger partial charge in [-0.1, -0.05) is 65.8 Å². The first-order valence-electron chi connectivity index (χ1n) is 27.1. The number of unbranched alkanes of at least 4 members (excludes halogenated alkanes) is 2. The topological polar surface area (TPSA) is 209 Å². The van der Waals surface area contributed by atoms with Gasteiger partial charge in [0, 0.05) is 124 Å². The van der Waals surface area contributed by atoms with Crippen molar-refractivity contribution in [3.8, 4) is 22.5 Å². The predicted octanol–water partition coefficient (Wildman–Crippen LogP) is 9.23. The van der Waals surface area contributed by atoms with E-state index < -0.39 is 69.5 Å². The number of hydrogen-bond donors (Lipinski definition) is 2. The standard InChI is InChI=1S/2C27H32F4N6O.C4H4O4/c2*1-26(2,3)24-33-22(27(29,30)31)18-23(34-24)36-16-14-35(15-17-36)11-6-7-12-37-13-10-21(32-25(37)38)19-8-4-5-9-20(19)28;5-3(6)1-2-4(7)8/h2*4-5,8-10,13,18H,6-7,11-12,14-17H2,1-3H3;1-2H,(H,5,6)(H,7,8). The number of aryl methyl sites for hydroxylation is 2. The average Bonchev–Trinajstić information content (AvgIpc) is 2.44. The minimum atomic E-state index is -4.53. The lowest BCUT2D eigenvalue weighted by molar-refractivity contribution is -0.142. The highest BCUT2D eigenvalue weighted by atomic mass is 19.4. The van der Waals surface area contributed by atoms with Gasteiger partial charge in [0.05, 0.1) is 11.4 Å². The highest BCUT2D eigenvalue weighted by molar-refractivity contribution is 5.89. The summed E-state index contributed by atoms with van der Waals surface area (Å²) in [6, 6.07) is 17.8. The van der Waals surface area contributed by atoms with Crippen LogP contribution < -0.4 is 21.2 Å². The number of aromatic nitrogens is 8. The van der Waals surface area contributed by atoms with Crippen LogP contribution in [-0.4, -0.2) is 136 Å². The van der Waals surface area contributed by atoms with Gasteiger partial charge in [-0.15, -0.1) is 0 Å². The van der Waals surface area contributed by atoms with Crippen LogP contribution in [-0.2, 0) is 45.9 Å². The van der Waals surface area contributed by atoms with Crippen LogP contribution >= 0.6 is 0 Å². The summed E-state index contributed by atoms with van der Waals surface area (Å²) in [5.41, 5.74) is -2.67. The minimum Gasteiger partial charge on any atom is -0.478 e. The Labute approximate surface area is 480 Å². The molecule has 18 nitrogen and oxygen atoms in total. The van der Waals surface area contributed by atoms with Crippen molar-refractivity contribution in [2.45, 2.75) is 103 Å². The molecule has 2 saturated heterocycles. The molecule has 0 aliphatic carbocycles. The second-order valence-electron chi connectivity index (χ2n) is 22.0. The summed E-state index contributed by atoms with van der Waals surface area (Å²) >= 11 is 0. The lowest BCUT2D eigenvalue weighted by atomic mass is 9.95. The Morgan fingerprint density at radius 1 is 0.488 bits per heavy atom. The first-order valence-corrected chi connectivity index (χ1v) is 27.1. The molecule has 0 amide bonds. The fourth-order valence-corrected chi connectivity index (χ4v) is 8.77. The number of carbonyl (C=O) groups is 2. The lowest BCUT2D eigenvalue weighted by Crippen LogP contribution is -2.47. The highest BCUT2D eigenvalue weighted by Crippen LogP contribution is 2.34. The molecular weight excluding hydrogens is 1110 g/mol. The molecule has 2 N–H and O–H groups in total. The molecule has 0 saturated carbocycles. The van der Waals surface area contributed by atoms with Gasteiger partial charge in [-0.25, -0.2) is 47.9 Å². The number of halogens is 8. The molecule has 0 spiro atoms. The van der Waals surface area contributed by atoms with E-state index in [0.717, 1.165) is 50.9 Å². The van der Waals surface area contributed by atoms with Gasteiger partial charge < -0.3 is 20.0 Å². The molecule has 8 rings (SSSR count). The fraction of sp³-hybridized carbons (Fsp3) is 0.448. The van der Waals surface area contributed by atoms with Crippen LogP contribution in [0, 0.1) is 11.6 Å². The third-order valence-corrected chi connectivity index (χ3v) is 13.4. The molecule has 2 fully saturated rings. The average molecular weight is 1180 g/mol. The quantitative estimate of drug-likeness (QED) is 0.0526. The molecule has 2 aromatic carbocycles. The van der Waals surface area contributed by atoms with Crippen molar-refractivity contribution >= 4 is 23.6 Å². The van der Waals surface area contributed by atoms with Crippen LogP contribution in [0.4, 0.5) is 46.8 Å². The Morgan fingerprint density at radius 2 is 0.821 bits per heavy atom. The van der Waals surface area contributed by atoms with Crippen LogP contribution in [0.15, 0.2) is 107 Å². The van der Waals surface area contributed by atoms with Crippen molar-refractivity contribution in [3.63, 3.8) is 0 Å². The van der Waals surface area contributed by atoms with Gasteiger partial charge in [-0.2, -0.15) is 36.3 Å². The van der Waals surface area contributed by atoms with Gasteiger partial charge in [-0.05, 0) is 75.2 Å². The molecule has 4 aromatic heterocycles. The number of carboxylic acids is 2. The van der Waals surface area contributed by atoms with Gasteiger partial charge in [0.15, 0.2) is 0 Å². The molecular formula is C58H68F8N12O6. The van der Waals surface area contributed by atoms with Crippen LogP contribution in [0.25, 0.3) is 22.5 Å². The maximum Gasteiger partial charge on any atom is 0.433 e. The number of nitrogens with zero attached hydrogens (tertiary/aromatic N) is 12. The van der Waals surface area contributed by atoms with E-state index in [4.69, 9.17) is 10.2 Å². The molecule has 452 valence electrons. The monoisotopic (exact) mass is 1180 g/mol. The Balaban J connectivity index is 0.000000238. The van der Waals surface area contributed by atoms with Crippen LogP contribution in [0.5, 0.6) is 0 Å². The number of rotatable bonds is 16. The van der Waals surface area contributed by atoms with Crippen molar-refractivity contribution in [1.29, 1.82) is 0 Å². The zero-order chi connectivity index (χ0) is 61.6. The fourth-order valence-electron chi connectivity index (χ4n) is 8.77. The number of anilines is 2. The van der Waals surface area contributed by atoms with Crippen LogP contribution in [0.3, 0.4) is 0 Å². The van der Waals surface area contributed by atoms with Crippen molar-refractivity contribution < 1.29 is 54.9 Å². The smallest absolute Gasteiger partial charge is 0.433 e. The summed E-state index contributed by atoms with van der Waals surface area (Å²) in [5.74, 6) is -2.39. The molecule has 84 heavy (non-hydrogen) atoms. The number of hydrogen-bond acceptors (Lipinski definition) is 14. The maximum atomic E-state index is 14.0. The van der Waals surface area contributed by atoms with Gasteiger partial charge in [0.25, 0.3) is 0 Å². The van der Waals surface area contributed by atoms with E-state index in [1.807, 2.05) is 9.80 Å². The van der Waals surface area contributed by atoms with Gasteiger partial charge >= 0.3 is 35.7 Å². The first kappa shape index (κ1) is 65.2. The Bertz CT molecular complexity index is 3060. The number of benzene rings is 2. The molecule has 2 aliphatic rings. The zero-order valence-electron chi connectivity index (χ0n) is 47.5. The summed E-state index contributed by atoms with van der Waals surface area (Å²) < 4.78 is 112. The normalized spacial score (nSPS) is 14.6. The second-order valence-corrected chi connectivity index (χ2v) is 22.0. The summed E-state index contributed by atoms with van der Waals surface area (Å²) in [7, 11) is 0. The van der Waals surface area contributed by atoms with Gasteiger partial charge in [0.2, 0.25) is 0 Å². The van der Waals surface area contributed by atoms with Gasteiger partial charge in [0.1, 0.15) is 46.3 Å². The molecule has 0 radical (unpaired) electrons. The van der Waals surface area contributed by atoms with E-state index in [-0.39, 0.29) is 11.6 Å². The Kier molecular flexibility index (Phi) is 22.1. The minimum absolute atomic E-state index is 0.177. The molecule has 0 atom stereocenters. The molecule has 6 heterocycles. The third-order valence-electron chi connectivity index (χ3n) is 13.4. The van der Waals surface area contributed by atoms with E-state index in [0.29, 0.717) is 112 Å².